The van der Waals surface area contributed by atoms with Crippen LogP contribution in [0, 0.1) is 5.82 Å². The Bertz CT molecular complexity index is 997. The molecule has 7 heteroatoms. The van der Waals surface area contributed by atoms with Gasteiger partial charge in [-0.1, -0.05) is 12.1 Å². The van der Waals surface area contributed by atoms with Crippen LogP contribution in [0.2, 0.25) is 0 Å². The molecule has 2 aromatic heterocycles. The van der Waals surface area contributed by atoms with Crippen molar-refractivity contribution in [1.29, 1.82) is 0 Å². The van der Waals surface area contributed by atoms with Gasteiger partial charge < -0.3 is 10.1 Å². The number of carbonyl (C=O) groups excluding carboxylic acids is 1. The molecule has 3 heterocycles. The molecule has 0 saturated heterocycles. The van der Waals surface area contributed by atoms with Crippen LogP contribution < -0.4 is 0 Å². The average molecular weight is 351 g/mol. The van der Waals surface area contributed by atoms with E-state index in [1.807, 2.05) is 0 Å². The van der Waals surface area contributed by atoms with E-state index in [0.29, 0.717) is 34.5 Å². The third kappa shape index (κ3) is 2.54. The van der Waals surface area contributed by atoms with Gasteiger partial charge in [0.1, 0.15) is 5.82 Å². The van der Waals surface area contributed by atoms with Crippen molar-refractivity contribution >= 4 is 12.0 Å². The third-order valence-corrected chi connectivity index (χ3v) is 4.45. The third-order valence-electron chi connectivity index (χ3n) is 4.45. The molecule has 3 aromatic rings. The van der Waals surface area contributed by atoms with E-state index in [4.69, 9.17) is 0 Å². The number of fused-ring (bicyclic) bond motifs is 1. The molecule has 2 N–H and O–H groups in total. The number of H-pyrrole nitrogens is 1. The number of aromatic nitrogens is 2. The predicted octanol–water partition coefficient (Wildman–Crippen LogP) is 3.56. The Morgan fingerprint density at radius 1 is 1.08 bits per heavy atom. The molecule has 0 radical (unpaired) electrons. The Morgan fingerprint density at radius 2 is 1.77 bits per heavy atom. The monoisotopic (exact) mass is 351 g/mol. The molecular weight excluding hydrogens is 337 g/mol. The zero-order valence-corrected chi connectivity index (χ0v) is 13.6. The van der Waals surface area contributed by atoms with E-state index >= 15 is 0 Å². The number of amides is 2. The molecule has 1 aliphatic rings. The highest BCUT2D eigenvalue weighted by atomic mass is 19.1. The van der Waals surface area contributed by atoms with Crippen LogP contribution in [0.4, 0.5) is 9.18 Å². The van der Waals surface area contributed by atoms with Crippen LogP contribution >= 0.6 is 0 Å². The first-order valence-corrected chi connectivity index (χ1v) is 8.02. The van der Waals surface area contributed by atoms with E-state index in [1.165, 1.54) is 12.1 Å². The molecule has 26 heavy (non-hydrogen) atoms. The Labute approximate surface area is 147 Å². The number of imide groups is 1. The van der Waals surface area contributed by atoms with Crippen molar-refractivity contribution < 1.29 is 19.1 Å². The van der Waals surface area contributed by atoms with Crippen LogP contribution in [0.1, 0.15) is 16.1 Å². The molecular formula is C19H14FN3O3. The van der Waals surface area contributed by atoms with Gasteiger partial charge in [-0.05, 0) is 29.8 Å². The van der Waals surface area contributed by atoms with E-state index in [9.17, 15) is 19.1 Å². The summed E-state index contributed by atoms with van der Waals surface area (Å²) >= 11 is 0. The van der Waals surface area contributed by atoms with E-state index in [0.717, 1.165) is 10.5 Å². The Kier molecular flexibility index (Phi) is 3.76. The SMILES string of the molecule is O=C(O)N1CCc2[nH]c(-c3ccncc3)c(-c3ccc(F)cc3)c2C1=O. The fraction of sp³-hybridized carbons (Fsp3) is 0.105. The lowest BCUT2D eigenvalue weighted by atomic mass is 9.94. The number of hydrogen-bond acceptors (Lipinski definition) is 3. The summed E-state index contributed by atoms with van der Waals surface area (Å²) in [7, 11) is 0. The molecule has 4 rings (SSSR count). The van der Waals surface area contributed by atoms with Gasteiger partial charge in [0.2, 0.25) is 0 Å². The van der Waals surface area contributed by atoms with Gasteiger partial charge in [-0.2, -0.15) is 0 Å². The van der Waals surface area contributed by atoms with Crippen LogP contribution in [-0.4, -0.2) is 38.5 Å². The highest BCUT2D eigenvalue weighted by Gasteiger charge is 2.34. The average Bonchev–Trinajstić information content (AvgIpc) is 3.03. The normalized spacial score (nSPS) is 13.6. The molecule has 1 aromatic carbocycles. The van der Waals surface area contributed by atoms with Crippen LogP contribution in [0.15, 0.2) is 48.8 Å². The van der Waals surface area contributed by atoms with Crippen molar-refractivity contribution in [3.63, 3.8) is 0 Å². The number of pyridine rings is 1. The van der Waals surface area contributed by atoms with Gasteiger partial charge in [-0.3, -0.25) is 9.78 Å². The highest BCUT2D eigenvalue weighted by molar-refractivity contribution is 6.11. The van der Waals surface area contributed by atoms with Crippen LogP contribution in [0.5, 0.6) is 0 Å². The molecule has 0 saturated carbocycles. The quantitative estimate of drug-likeness (QED) is 0.739. The molecule has 0 atom stereocenters. The van der Waals surface area contributed by atoms with Crippen LogP contribution in [0.3, 0.4) is 0 Å². The minimum absolute atomic E-state index is 0.0975. The molecule has 0 spiro atoms. The van der Waals surface area contributed by atoms with Crippen molar-refractivity contribution in [3.05, 3.63) is 65.9 Å². The minimum atomic E-state index is -1.28. The summed E-state index contributed by atoms with van der Waals surface area (Å²) in [5, 5.41) is 9.29. The molecule has 0 aliphatic carbocycles. The fourth-order valence-electron chi connectivity index (χ4n) is 3.26. The van der Waals surface area contributed by atoms with Crippen molar-refractivity contribution in [3.8, 4) is 22.4 Å². The number of rotatable bonds is 2. The van der Waals surface area contributed by atoms with Crippen molar-refractivity contribution in [2.45, 2.75) is 6.42 Å². The van der Waals surface area contributed by atoms with E-state index in [1.54, 1.807) is 36.7 Å². The number of nitrogens with one attached hydrogen (secondary N) is 1. The van der Waals surface area contributed by atoms with E-state index in [2.05, 4.69) is 9.97 Å². The lowest BCUT2D eigenvalue weighted by Gasteiger charge is -2.23. The van der Waals surface area contributed by atoms with Gasteiger partial charge in [0.15, 0.2) is 0 Å². The fourth-order valence-corrected chi connectivity index (χ4v) is 3.26. The number of carboxylic acid groups (broad SMARTS) is 1. The second-order valence-corrected chi connectivity index (χ2v) is 5.96. The summed E-state index contributed by atoms with van der Waals surface area (Å²) < 4.78 is 13.4. The molecule has 0 unspecified atom stereocenters. The second kappa shape index (κ2) is 6.11. The predicted molar refractivity (Wildman–Crippen MR) is 92.2 cm³/mol. The summed E-state index contributed by atoms with van der Waals surface area (Å²) in [6.45, 7) is 0.0975. The summed E-state index contributed by atoms with van der Waals surface area (Å²) in [5.41, 5.74) is 3.70. The Morgan fingerprint density at radius 3 is 2.42 bits per heavy atom. The molecule has 0 bridgehead atoms. The maximum Gasteiger partial charge on any atom is 0.414 e. The van der Waals surface area contributed by atoms with Crippen molar-refractivity contribution in [2.75, 3.05) is 6.54 Å². The summed E-state index contributed by atoms with van der Waals surface area (Å²) in [5.74, 6) is -0.961. The van der Waals surface area contributed by atoms with Crippen LogP contribution in [0.25, 0.3) is 22.4 Å². The molecule has 0 fully saturated rings. The van der Waals surface area contributed by atoms with Gasteiger partial charge in [0.05, 0.1) is 11.3 Å². The number of benzene rings is 1. The number of aromatic amines is 1. The molecule has 6 nitrogen and oxygen atoms in total. The molecule has 130 valence electrons. The van der Waals surface area contributed by atoms with Gasteiger partial charge in [0.25, 0.3) is 5.91 Å². The van der Waals surface area contributed by atoms with Gasteiger partial charge in [-0.15, -0.1) is 0 Å². The topological polar surface area (TPSA) is 86.3 Å². The zero-order chi connectivity index (χ0) is 18.3. The lowest BCUT2D eigenvalue weighted by molar-refractivity contribution is 0.0727. The van der Waals surface area contributed by atoms with E-state index < -0.39 is 12.0 Å². The number of carbonyl (C=O) groups is 2. The summed E-state index contributed by atoms with van der Waals surface area (Å²) in [6.07, 6.45) is 2.38. The maximum atomic E-state index is 13.4. The smallest absolute Gasteiger partial charge is 0.414 e. The Hall–Kier alpha value is -3.48. The van der Waals surface area contributed by atoms with E-state index in [-0.39, 0.29) is 12.4 Å². The maximum absolute atomic E-state index is 13.4. The number of hydrogen-bond donors (Lipinski definition) is 2. The Balaban J connectivity index is 1.97. The lowest BCUT2D eigenvalue weighted by Crippen LogP contribution is -2.41. The van der Waals surface area contributed by atoms with Gasteiger partial charge >= 0.3 is 6.09 Å². The highest BCUT2D eigenvalue weighted by Crippen LogP contribution is 2.39. The second-order valence-electron chi connectivity index (χ2n) is 5.96. The largest absolute Gasteiger partial charge is 0.465 e. The summed E-state index contributed by atoms with van der Waals surface area (Å²) in [6, 6.07) is 9.38. The number of nitrogens with zero attached hydrogens (tertiary/aromatic N) is 2. The van der Waals surface area contributed by atoms with Crippen molar-refractivity contribution in [1.82, 2.24) is 14.9 Å². The zero-order valence-electron chi connectivity index (χ0n) is 13.6. The summed E-state index contributed by atoms with van der Waals surface area (Å²) in [4.78, 5) is 32.2. The van der Waals surface area contributed by atoms with Gasteiger partial charge in [0, 0.05) is 42.2 Å². The minimum Gasteiger partial charge on any atom is -0.465 e. The number of halogens is 1. The standard InChI is InChI=1S/C19H14FN3O3/c20-13-3-1-11(2-4-13)15-16-14(7-10-23(18(16)24)19(25)26)22-17(15)12-5-8-21-9-6-12/h1-6,8-9,22H,7,10H2,(H,25,26). The molecule has 1 aliphatic heterocycles. The first kappa shape index (κ1) is 16.0. The van der Waals surface area contributed by atoms with Gasteiger partial charge in [-0.25, -0.2) is 14.1 Å². The molecule has 2 amide bonds. The van der Waals surface area contributed by atoms with Crippen molar-refractivity contribution in [2.24, 2.45) is 0 Å². The first-order chi connectivity index (χ1) is 12.6. The first-order valence-electron chi connectivity index (χ1n) is 8.02. The van der Waals surface area contributed by atoms with Crippen LogP contribution in [-0.2, 0) is 6.42 Å².